The molecule has 1 fully saturated rings. The van der Waals surface area contributed by atoms with Crippen LogP contribution in [-0.4, -0.2) is 31.4 Å². The number of amides is 2. The van der Waals surface area contributed by atoms with Crippen LogP contribution < -0.4 is 10.2 Å². The van der Waals surface area contributed by atoms with Crippen molar-refractivity contribution in [3.63, 3.8) is 0 Å². The quantitative estimate of drug-likeness (QED) is 0.489. The van der Waals surface area contributed by atoms with Gasteiger partial charge in [-0.25, -0.2) is 0 Å². The zero-order valence-electron chi connectivity index (χ0n) is 16.6. The Morgan fingerprint density at radius 3 is 2.47 bits per heavy atom. The second kappa shape index (κ2) is 10.2. The average molecular weight is 471 g/mol. The van der Waals surface area contributed by atoms with Gasteiger partial charge in [-0.05, 0) is 47.9 Å². The van der Waals surface area contributed by atoms with Gasteiger partial charge in [0.05, 0.1) is 19.6 Å². The summed E-state index contributed by atoms with van der Waals surface area (Å²) >= 11 is 3.38. The molecule has 2 aromatic rings. The van der Waals surface area contributed by atoms with E-state index in [-0.39, 0.29) is 18.2 Å². The van der Waals surface area contributed by atoms with E-state index >= 15 is 0 Å². The fourth-order valence-corrected chi connectivity index (χ4v) is 3.54. The topological polar surface area (TPSA) is 75.7 Å². The Bertz CT molecular complexity index is 939. The number of ether oxygens (including phenoxy) is 1. The van der Waals surface area contributed by atoms with Crippen LogP contribution in [-0.2, 0) is 19.1 Å². The maximum atomic E-state index is 12.4. The van der Waals surface area contributed by atoms with Gasteiger partial charge < -0.3 is 15.0 Å². The molecule has 0 bridgehead atoms. The van der Waals surface area contributed by atoms with Gasteiger partial charge in [-0.2, -0.15) is 0 Å². The van der Waals surface area contributed by atoms with E-state index in [1.807, 2.05) is 48.5 Å². The molecule has 0 aromatic heterocycles. The number of methoxy groups -OCH3 is 1. The third kappa shape index (κ3) is 5.79. The Kier molecular flexibility index (Phi) is 7.41. The lowest BCUT2D eigenvalue weighted by Gasteiger charge is -2.17. The van der Waals surface area contributed by atoms with Gasteiger partial charge in [-0.15, -0.1) is 0 Å². The molecule has 1 atom stereocenters. The van der Waals surface area contributed by atoms with Crippen LogP contribution in [0.2, 0.25) is 0 Å². The van der Waals surface area contributed by atoms with Crippen LogP contribution >= 0.6 is 15.9 Å². The molecule has 0 saturated carbocycles. The third-order valence-electron chi connectivity index (χ3n) is 4.89. The summed E-state index contributed by atoms with van der Waals surface area (Å²) in [4.78, 5) is 37.8. The number of esters is 1. The summed E-state index contributed by atoms with van der Waals surface area (Å²) in [6.07, 6.45) is 4.63. The van der Waals surface area contributed by atoms with Crippen LogP contribution in [0.25, 0.3) is 6.08 Å². The van der Waals surface area contributed by atoms with Crippen molar-refractivity contribution in [2.75, 3.05) is 18.6 Å². The second-order valence-corrected chi connectivity index (χ2v) is 7.88. The number of hydrogen-bond acceptors (Lipinski definition) is 4. The summed E-state index contributed by atoms with van der Waals surface area (Å²) < 4.78 is 5.66. The fraction of sp³-hybridized carbons (Fsp3) is 0.261. The molecule has 1 aliphatic rings. The van der Waals surface area contributed by atoms with E-state index in [0.717, 1.165) is 34.3 Å². The van der Waals surface area contributed by atoms with Crippen LogP contribution in [0.3, 0.4) is 0 Å². The van der Waals surface area contributed by atoms with Crippen molar-refractivity contribution in [3.05, 3.63) is 70.2 Å². The summed E-state index contributed by atoms with van der Waals surface area (Å²) in [5.41, 5.74) is 2.52. The first-order chi connectivity index (χ1) is 14.5. The van der Waals surface area contributed by atoms with Gasteiger partial charge in [0.15, 0.2) is 0 Å². The van der Waals surface area contributed by atoms with E-state index in [2.05, 4.69) is 21.2 Å². The first-order valence-electron chi connectivity index (χ1n) is 9.67. The fourth-order valence-electron chi connectivity index (χ4n) is 3.28. The Balaban J connectivity index is 1.65. The Morgan fingerprint density at radius 1 is 1.17 bits per heavy atom. The summed E-state index contributed by atoms with van der Waals surface area (Å²) in [6, 6.07) is 14.4. The minimum atomic E-state index is -0.494. The molecule has 1 saturated heterocycles. The zero-order valence-corrected chi connectivity index (χ0v) is 18.2. The zero-order chi connectivity index (χ0) is 21.5. The molecule has 1 aliphatic heterocycles. The van der Waals surface area contributed by atoms with Gasteiger partial charge in [0, 0.05) is 29.2 Å². The summed E-state index contributed by atoms with van der Waals surface area (Å²) in [6.45, 7) is 0.744. The van der Waals surface area contributed by atoms with Crippen LogP contribution in [0.15, 0.2) is 59.1 Å². The number of carbonyl (C=O) groups is 3. The molecule has 2 amide bonds. The first kappa shape index (κ1) is 21.8. The Labute approximate surface area is 184 Å². The molecule has 1 N–H and O–H groups in total. The van der Waals surface area contributed by atoms with E-state index < -0.39 is 12.0 Å². The molecular weight excluding hydrogens is 448 g/mol. The summed E-state index contributed by atoms with van der Waals surface area (Å²) in [5, 5.41) is 2.86. The van der Waals surface area contributed by atoms with Gasteiger partial charge in [0.2, 0.25) is 11.8 Å². The smallest absolute Gasteiger partial charge is 0.307 e. The van der Waals surface area contributed by atoms with Crippen molar-refractivity contribution in [2.24, 2.45) is 0 Å². The second-order valence-electron chi connectivity index (χ2n) is 6.97. The highest BCUT2D eigenvalue weighted by Crippen LogP contribution is 2.22. The third-order valence-corrected chi connectivity index (χ3v) is 5.42. The SMILES string of the molecule is COC(=O)CC(NC(=O)/C=C/c1ccc(N2CCCC2=O)cc1)c1ccc(Br)cc1. The predicted octanol–water partition coefficient (Wildman–Crippen LogP) is 4.01. The van der Waals surface area contributed by atoms with E-state index in [1.165, 1.54) is 13.2 Å². The number of halogens is 1. The molecule has 156 valence electrons. The van der Waals surface area contributed by atoms with Crippen LogP contribution in [0.5, 0.6) is 0 Å². The molecule has 0 spiro atoms. The van der Waals surface area contributed by atoms with Crippen molar-refractivity contribution in [1.82, 2.24) is 5.32 Å². The molecule has 0 aliphatic carbocycles. The number of carbonyl (C=O) groups excluding carboxylic acids is 3. The first-order valence-corrected chi connectivity index (χ1v) is 10.5. The summed E-state index contributed by atoms with van der Waals surface area (Å²) in [5.74, 6) is -0.577. The number of rotatable bonds is 7. The molecule has 1 unspecified atom stereocenters. The van der Waals surface area contributed by atoms with Gasteiger partial charge in [0.25, 0.3) is 0 Å². The Hall–Kier alpha value is -2.93. The van der Waals surface area contributed by atoms with Crippen molar-refractivity contribution >= 4 is 45.5 Å². The van der Waals surface area contributed by atoms with E-state index in [0.29, 0.717) is 6.42 Å². The van der Waals surface area contributed by atoms with Crippen molar-refractivity contribution in [2.45, 2.75) is 25.3 Å². The highest BCUT2D eigenvalue weighted by atomic mass is 79.9. The molecule has 1 heterocycles. The standard InChI is InChI=1S/C23H23BrN2O4/c1-30-23(29)15-20(17-7-9-18(24)10-8-17)25-21(27)13-6-16-4-11-19(12-5-16)26-14-2-3-22(26)28/h4-13,20H,2-3,14-15H2,1H3,(H,25,27)/b13-6+. The number of anilines is 1. The number of benzene rings is 2. The minimum absolute atomic E-state index is 0.0380. The van der Waals surface area contributed by atoms with Gasteiger partial charge in [0.1, 0.15) is 0 Å². The molecule has 0 radical (unpaired) electrons. The average Bonchev–Trinajstić information content (AvgIpc) is 3.18. The van der Waals surface area contributed by atoms with E-state index in [4.69, 9.17) is 4.74 Å². The largest absolute Gasteiger partial charge is 0.469 e. The molecule has 6 nitrogen and oxygen atoms in total. The highest BCUT2D eigenvalue weighted by molar-refractivity contribution is 9.10. The normalized spacial score (nSPS) is 14.7. The van der Waals surface area contributed by atoms with Gasteiger partial charge >= 0.3 is 5.97 Å². The maximum Gasteiger partial charge on any atom is 0.307 e. The Morgan fingerprint density at radius 2 is 1.87 bits per heavy atom. The lowest BCUT2D eigenvalue weighted by Crippen LogP contribution is -2.29. The summed E-state index contributed by atoms with van der Waals surface area (Å²) in [7, 11) is 1.32. The monoisotopic (exact) mass is 470 g/mol. The molecule has 3 rings (SSSR count). The lowest BCUT2D eigenvalue weighted by molar-refractivity contribution is -0.141. The van der Waals surface area contributed by atoms with Crippen molar-refractivity contribution in [3.8, 4) is 0 Å². The minimum Gasteiger partial charge on any atom is -0.469 e. The molecular formula is C23H23BrN2O4. The van der Waals surface area contributed by atoms with Crippen LogP contribution in [0, 0.1) is 0 Å². The number of nitrogens with zero attached hydrogens (tertiary/aromatic N) is 1. The highest BCUT2D eigenvalue weighted by Gasteiger charge is 2.21. The van der Waals surface area contributed by atoms with Gasteiger partial charge in [-0.3, -0.25) is 14.4 Å². The van der Waals surface area contributed by atoms with Gasteiger partial charge in [-0.1, -0.05) is 40.2 Å². The van der Waals surface area contributed by atoms with E-state index in [9.17, 15) is 14.4 Å². The number of nitrogens with one attached hydrogen (secondary N) is 1. The van der Waals surface area contributed by atoms with Crippen LogP contribution in [0.1, 0.15) is 36.4 Å². The lowest BCUT2D eigenvalue weighted by atomic mass is 10.0. The predicted molar refractivity (Wildman–Crippen MR) is 119 cm³/mol. The van der Waals surface area contributed by atoms with Crippen molar-refractivity contribution < 1.29 is 19.1 Å². The molecule has 7 heteroatoms. The van der Waals surface area contributed by atoms with E-state index in [1.54, 1.807) is 11.0 Å². The number of hydrogen-bond donors (Lipinski definition) is 1. The van der Waals surface area contributed by atoms with Crippen LogP contribution in [0.4, 0.5) is 5.69 Å². The maximum absolute atomic E-state index is 12.4. The van der Waals surface area contributed by atoms with Crippen molar-refractivity contribution in [1.29, 1.82) is 0 Å². The molecule has 30 heavy (non-hydrogen) atoms. The molecule has 2 aromatic carbocycles.